The third kappa shape index (κ3) is 4.33. The van der Waals surface area contributed by atoms with Crippen molar-refractivity contribution in [1.29, 1.82) is 0 Å². The number of rotatable bonds is 5. The minimum Gasteiger partial charge on any atom is -0.424 e. The molecule has 3 fully saturated rings. The van der Waals surface area contributed by atoms with Crippen molar-refractivity contribution in [3.63, 3.8) is 0 Å². The number of phosphoric acid groups is 1. The molecule has 0 radical (unpaired) electrons. The summed E-state index contributed by atoms with van der Waals surface area (Å²) in [6.07, 6.45) is -2.67. The quantitative estimate of drug-likeness (QED) is 0.464. The van der Waals surface area contributed by atoms with Crippen LogP contribution in [0, 0.1) is 0 Å². The van der Waals surface area contributed by atoms with Crippen LogP contribution in [0.25, 0.3) is 0 Å². The van der Waals surface area contributed by atoms with Crippen molar-refractivity contribution in [3.8, 4) is 0 Å². The first-order chi connectivity index (χ1) is 16.2. The molecule has 0 bridgehead atoms. The summed E-state index contributed by atoms with van der Waals surface area (Å²) in [6, 6.07) is 8.40. The minimum atomic E-state index is -4.01. The lowest BCUT2D eigenvalue weighted by molar-refractivity contribution is -0.131. The van der Waals surface area contributed by atoms with Crippen molar-refractivity contribution in [2.45, 2.75) is 43.5 Å². The smallest absolute Gasteiger partial charge is 0.424 e. The molecule has 0 spiro atoms. The van der Waals surface area contributed by atoms with Crippen LogP contribution in [0.3, 0.4) is 0 Å². The molecule has 5 rings (SSSR count). The molecule has 14 heteroatoms. The maximum atomic E-state index is 13.2. The molecule has 0 amide bonds. The first-order valence-electron chi connectivity index (χ1n) is 10.4. The molecule has 2 aromatic rings. The highest BCUT2D eigenvalue weighted by molar-refractivity contribution is 7.48. The number of anilines is 1. The summed E-state index contributed by atoms with van der Waals surface area (Å²) >= 11 is 6.06. The normalized spacial score (nSPS) is 34.9. The molecule has 182 valence electrons. The van der Waals surface area contributed by atoms with Gasteiger partial charge in [0.15, 0.2) is 18.4 Å². The van der Waals surface area contributed by atoms with E-state index in [-0.39, 0.29) is 19.0 Å². The molecule has 4 heterocycles. The van der Waals surface area contributed by atoms with E-state index in [1.807, 2.05) is 0 Å². The van der Waals surface area contributed by atoms with Gasteiger partial charge in [-0.05, 0) is 30.7 Å². The summed E-state index contributed by atoms with van der Waals surface area (Å²) in [7, 11) is -4.01. The number of carbonyl (C=O) groups excluding carboxylic acids is 1. The highest BCUT2D eigenvalue weighted by Crippen LogP contribution is 2.58. The Morgan fingerprint density at radius 2 is 2.15 bits per heavy atom. The van der Waals surface area contributed by atoms with Crippen LogP contribution >= 0.6 is 19.4 Å². The maximum absolute atomic E-state index is 13.2. The van der Waals surface area contributed by atoms with Gasteiger partial charge >= 0.3 is 19.7 Å². The average molecular weight is 514 g/mol. The zero-order valence-corrected chi connectivity index (χ0v) is 19.5. The maximum Gasteiger partial charge on any atom is 0.509 e. The second-order valence-electron chi connectivity index (χ2n) is 8.23. The van der Waals surface area contributed by atoms with E-state index in [1.54, 1.807) is 31.2 Å². The Morgan fingerprint density at radius 3 is 2.91 bits per heavy atom. The fourth-order valence-corrected chi connectivity index (χ4v) is 5.81. The van der Waals surface area contributed by atoms with Crippen LogP contribution in [0.4, 0.5) is 10.6 Å². The molecular weight excluding hydrogens is 493 g/mol. The van der Waals surface area contributed by atoms with Crippen molar-refractivity contribution < 1.29 is 37.1 Å². The molecule has 0 aliphatic carbocycles. The Bertz CT molecular complexity index is 1230. The van der Waals surface area contributed by atoms with Gasteiger partial charge in [0, 0.05) is 17.6 Å². The van der Waals surface area contributed by atoms with E-state index >= 15 is 0 Å². The summed E-state index contributed by atoms with van der Waals surface area (Å²) in [5.74, 6) is 0.0282. The van der Waals surface area contributed by atoms with Gasteiger partial charge in [-0.15, -0.1) is 0 Å². The molecule has 6 atom stereocenters. The fraction of sp³-hybridized carbons (Fsp3) is 0.450. The van der Waals surface area contributed by atoms with Gasteiger partial charge in [0.25, 0.3) is 0 Å². The van der Waals surface area contributed by atoms with Gasteiger partial charge in [-0.1, -0.05) is 23.7 Å². The molecule has 3 saturated heterocycles. The van der Waals surface area contributed by atoms with E-state index < -0.39 is 49.8 Å². The van der Waals surface area contributed by atoms with Gasteiger partial charge in [0.1, 0.15) is 11.4 Å². The lowest BCUT2D eigenvalue weighted by atomic mass is 9.99. The van der Waals surface area contributed by atoms with Crippen LogP contribution in [0.2, 0.25) is 5.02 Å². The predicted molar refractivity (Wildman–Crippen MR) is 116 cm³/mol. The summed E-state index contributed by atoms with van der Waals surface area (Å²) in [5.41, 5.74) is 4.23. The van der Waals surface area contributed by atoms with E-state index in [2.05, 4.69) is 4.98 Å². The van der Waals surface area contributed by atoms with Crippen molar-refractivity contribution in [2.75, 3.05) is 18.9 Å². The number of carbonyl (C=O) groups is 1. The zero-order valence-electron chi connectivity index (χ0n) is 17.9. The van der Waals surface area contributed by atoms with E-state index in [4.69, 9.17) is 45.1 Å². The molecule has 1 aromatic heterocycles. The molecule has 3 aliphatic heterocycles. The van der Waals surface area contributed by atoms with E-state index in [0.717, 1.165) is 10.1 Å². The molecular formula is C20H21ClN3O9P. The number of nitrogens with two attached hydrogens (primary N) is 1. The Morgan fingerprint density at radius 1 is 1.32 bits per heavy atom. The topological polar surface area (TPSA) is 150 Å². The predicted octanol–water partition coefficient (Wildman–Crippen LogP) is 2.97. The lowest BCUT2D eigenvalue weighted by Crippen LogP contribution is -2.43. The fourth-order valence-electron chi connectivity index (χ4n) is 4.13. The van der Waals surface area contributed by atoms with Crippen LogP contribution in [-0.2, 0) is 32.3 Å². The van der Waals surface area contributed by atoms with Crippen LogP contribution in [0.5, 0.6) is 0 Å². The molecule has 34 heavy (non-hydrogen) atoms. The van der Waals surface area contributed by atoms with Crippen LogP contribution in [-0.4, -0.2) is 46.7 Å². The first kappa shape index (κ1) is 23.3. The van der Waals surface area contributed by atoms with Crippen molar-refractivity contribution >= 4 is 31.4 Å². The highest BCUT2D eigenvalue weighted by atomic mass is 35.5. The number of hydrogen-bond acceptors (Lipinski definition) is 11. The number of ether oxygens (including phenoxy) is 3. The van der Waals surface area contributed by atoms with Gasteiger partial charge in [-0.2, -0.15) is 4.98 Å². The Balaban J connectivity index is 1.34. The molecule has 3 aliphatic rings. The van der Waals surface area contributed by atoms with Gasteiger partial charge in [0.2, 0.25) is 0 Å². The van der Waals surface area contributed by atoms with Crippen molar-refractivity contribution in [1.82, 2.24) is 9.55 Å². The number of phosphoric ester groups is 1. The number of fused-ring (bicyclic) bond motifs is 1. The van der Waals surface area contributed by atoms with Crippen LogP contribution in [0.1, 0.15) is 31.2 Å². The molecule has 0 saturated carbocycles. The third-order valence-electron chi connectivity index (χ3n) is 5.77. The largest absolute Gasteiger partial charge is 0.509 e. The number of nitrogen functional groups attached to an aromatic ring is 1. The molecule has 2 N–H and O–H groups in total. The average Bonchev–Trinajstić information content (AvgIpc) is 3.30. The lowest BCUT2D eigenvalue weighted by Gasteiger charge is -2.32. The van der Waals surface area contributed by atoms with E-state index in [1.165, 1.54) is 12.3 Å². The van der Waals surface area contributed by atoms with Crippen molar-refractivity contribution in [2.24, 2.45) is 0 Å². The number of aromatic nitrogens is 2. The van der Waals surface area contributed by atoms with E-state index in [0.29, 0.717) is 11.4 Å². The molecule has 1 aromatic carbocycles. The monoisotopic (exact) mass is 513 g/mol. The van der Waals surface area contributed by atoms with E-state index in [9.17, 15) is 14.2 Å². The molecule has 12 nitrogen and oxygen atoms in total. The second kappa shape index (κ2) is 8.63. The third-order valence-corrected chi connectivity index (χ3v) is 7.46. The number of hydrogen-bond donors (Lipinski definition) is 1. The second-order valence-corrected chi connectivity index (χ2v) is 10.3. The highest BCUT2D eigenvalue weighted by Gasteiger charge is 2.62. The number of benzene rings is 1. The number of nitrogens with zero attached hydrogens (tertiary/aromatic N) is 2. The summed E-state index contributed by atoms with van der Waals surface area (Å²) in [6.45, 7) is 1.36. The Hall–Kier alpha value is -2.47. The minimum absolute atomic E-state index is 0.0282. The Labute approximate surface area is 198 Å². The van der Waals surface area contributed by atoms with Crippen molar-refractivity contribution in [3.05, 3.63) is 57.6 Å². The van der Waals surface area contributed by atoms with Gasteiger partial charge < -0.3 is 19.9 Å². The van der Waals surface area contributed by atoms with Gasteiger partial charge in [-0.3, -0.25) is 18.1 Å². The van der Waals surface area contributed by atoms with Crippen LogP contribution in [0.15, 0.2) is 41.3 Å². The number of halogens is 1. The summed E-state index contributed by atoms with van der Waals surface area (Å²) in [5, 5.41) is 0.516. The standard InChI is InChI=1S/C20H21ClN3O9P/c1-20(10-29-34(27)28-8-6-13(33-34)11-3-2-4-12(21)9-11)16-15(30-19(26)31-16)17(32-20)24-7-5-14(22)23-18(24)25/h2-5,7,9,13,15-17H,6,8,10H2,1H3,(H2,22,23,25)/t13?,15-,16+,17-,20-,34?/m1/s1. The first-order valence-corrected chi connectivity index (χ1v) is 12.2. The van der Waals surface area contributed by atoms with Gasteiger partial charge in [0.05, 0.1) is 19.3 Å². The zero-order chi connectivity index (χ0) is 24.1. The van der Waals surface area contributed by atoms with Gasteiger partial charge in [-0.25, -0.2) is 14.2 Å². The Kier molecular flexibility index (Phi) is 5.91. The SMILES string of the molecule is C[C@]1(COP2(=O)OCCC(c3cccc(Cl)c3)O2)O[C@@H](n2ccc(N)nc2=O)[C@@H]2OC(=O)O[C@@H]21. The summed E-state index contributed by atoms with van der Waals surface area (Å²) < 4.78 is 47.5. The van der Waals surface area contributed by atoms with Crippen LogP contribution < -0.4 is 11.4 Å². The molecule has 2 unspecified atom stereocenters. The summed E-state index contributed by atoms with van der Waals surface area (Å²) in [4.78, 5) is 27.9.